The van der Waals surface area contributed by atoms with Crippen molar-refractivity contribution in [3.63, 3.8) is 0 Å². The van der Waals surface area contributed by atoms with E-state index in [2.05, 4.69) is 37.3 Å². The maximum absolute atomic E-state index is 11.5. The molecule has 0 saturated carbocycles. The largest absolute Gasteiger partial charge is 0.329 e. The van der Waals surface area contributed by atoms with Crippen LogP contribution in [0.3, 0.4) is 0 Å². The van der Waals surface area contributed by atoms with E-state index in [4.69, 9.17) is 0 Å². The Morgan fingerprint density at radius 1 is 1.56 bits per heavy atom. The maximum Gasteiger partial charge on any atom is 0.180 e. The van der Waals surface area contributed by atoms with Crippen molar-refractivity contribution in [2.24, 2.45) is 17.5 Å². The predicted molar refractivity (Wildman–Crippen MR) is 74.6 cm³/mol. The fourth-order valence-corrected chi connectivity index (χ4v) is 1.47. The summed E-state index contributed by atoms with van der Waals surface area (Å²) in [5, 5.41) is 0. The van der Waals surface area contributed by atoms with Gasteiger partial charge in [-0.3, -0.25) is 4.79 Å². The van der Waals surface area contributed by atoms with Crippen LogP contribution in [-0.2, 0) is 7.05 Å². The number of hydrogen-bond acceptors (Lipinski definition) is 3. The number of imidazole rings is 1. The molecule has 0 aromatic carbocycles. The number of rotatable bonds is 4. The van der Waals surface area contributed by atoms with Crippen LogP contribution >= 0.6 is 0 Å². The summed E-state index contributed by atoms with van der Waals surface area (Å²) < 4.78 is 1.69. The third-order valence-corrected chi connectivity index (χ3v) is 2.86. The molecular formula is C14H21N3O. The molecule has 4 nitrogen and oxygen atoms in total. The fourth-order valence-electron chi connectivity index (χ4n) is 1.47. The molecule has 0 bridgehead atoms. The molecule has 0 unspecified atom stereocenters. The average molecular weight is 247 g/mol. The van der Waals surface area contributed by atoms with E-state index in [9.17, 15) is 4.79 Å². The summed E-state index contributed by atoms with van der Waals surface area (Å²) >= 11 is 0. The van der Waals surface area contributed by atoms with Crippen LogP contribution in [0.2, 0.25) is 0 Å². The summed E-state index contributed by atoms with van der Waals surface area (Å²) in [5.41, 5.74) is 1.71. The second-order valence-electron chi connectivity index (χ2n) is 5.45. The minimum absolute atomic E-state index is 0.0307. The number of ketones is 1. The first-order valence-corrected chi connectivity index (χ1v) is 5.96. The highest BCUT2D eigenvalue weighted by Crippen LogP contribution is 2.25. The molecule has 0 amide bonds. The molecule has 0 aliphatic carbocycles. The van der Waals surface area contributed by atoms with E-state index >= 15 is 0 Å². The Morgan fingerprint density at radius 2 is 2.17 bits per heavy atom. The predicted octanol–water partition coefficient (Wildman–Crippen LogP) is 3.32. The van der Waals surface area contributed by atoms with Gasteiger partial charge in [-0.05, 0) is 5.41 Å². The maximum atomic E-state index is 11.5. The number of carbonyl (C=O) groups is 1. The van der Waals surface area contributed by atoms with Crippen molar-refractivity contribution in [1.82, 2.24) is 9.55 Å². The Morgan fingerprint density at radius 3 is 2.67 bits per heavy atom. The lowest BCUT2D eigenvalue weighted by molar-refractivity contribution is 0.101. The van der Waals surface area contributed by atoms with Crippen molar-refractivity contribution >= 4 is 17.8 Å². The third kappa shape index (κ3) is 3.39. The van der Waals surface area contributed by atoms with Gasteiger partial charge in [0.15, 0.2) is 11.6 Å². The van der Waals surface area contributed by atoms with E-state index < -0.39 is 0 Å². The van der Waals surface area contributed by atoms with Crippen LogP contribution in [0, 0.1) is 5.41 Å². The van der Waals surface area contributed by atoms with Gasteiger partial charge in [0.2, 0.25) is 0 Å². The van der Waals surface area contributed by atoms with Crippen LogP contribution in [0.5, 0.6) is 0 Å². The average Bonchev–Trinajstić information content (AvgIpc) is 2.58. The molecule has 1 aromatic heterocycles. The quantitative estimate of drug-likeness (QED) is 0.465. The van der Waals surface area contributed by atoms with E-state index in [1.807, 2.05) is 0 Å². The Labute approximate surface area is 108 Å². The number of Topliss-reactive ketones (excluding diaryl/α,β-unsaturated/α-hetero) is 1. The van der Waals surface area contributed by atoms with Gasteiger partial charge in [0.25, 0.3) is 0 Å². The summed E-state index contributed by atoms with van der Waals surface area (Å²) in [7, 11) is 1.79. The number of allylic oxidation sites excluding steroid dienone is 1. The molecule has 0 N–H and O–H groups in total. The number of carbonyl (C=O) groups excluding carboxylic acids is 1. The SMILES string of the molecule is C=C(CC=Nc1ncn(C)c1C(C)=O)C(C)(C)C. The molecule has 0 radical (unpaired) electrons. The van der Waals surface area contributed by atoms with E-state index in [1.54, 1.807) is 24.2 Å². The highest BCUT2D eigenvalue weighted by atomic mass is 16.1. The molecule has 0 fully saturated rings. The normalized spacial score (nSPS) is 12.1. The minimum atomic E-state index is -0.0307. The lowest BCUT2D eigenvalue weighted by Gasteiger charge is -2.20. The second kappa shape index (κ2) is 5.29. The monoisotopic (exact) mass is 247 g/mol. The third-order valence-electron chi connectivity index (χ3n) is 2.86. The lowest BCUT2D eigenvalue weighted by Crippen LogP contribution is -2.08. The Kier molecular flexibility index (Phi) is 4.22. The molecule has 0 aliphatic rings. The molecular weight excluding hydrogens is 226 g/mol. The van der Waals surface area contributed by atoms with Crippen molar-refractivity contribution in [2.45, 2.75) is 34.1 Å². The zero-order valence-electron chi connectivity index (χ0n) is 11.8. The van der Waals surface area contributed by atoms with Crippen LogP contribution < -0.4 is 0 Å². The van der Waals surface area contributed by atoms with E-state index in [0.717, 1.165) is 5.57 Å². The van der Waals surface area contributed by atoms with Gasteiger partial charge in [-0.15, -0.1) is 0 Å². The molecule has 98 valence electrons. The summed E-state index contributed by atoms with van der Waals surface area (Å²) in [6, 6.07) is 0. The first-order chi connectivity index (χ1) is 8.23. The minimum Gasteiger partial charge on any atom is -0.329 e. The smallest absolute Gasteiger partial charge is 0.180 e. The standard InChI is InChI=1S/C14H21N3O/c1-10(14(3,4)5)7-8-15-13-12(11(2)18)17(6)9-16-13/h8-9H,1,7H2,2-6H3. The summed E-state index contributed by atoms with van der Waals surface area (Å²) in [6.07, 6.45) is 4.06. The molecule has 0 spiro atoms. The molecule has 4 heteroatoms. The van der Waals surface area contributed by atoms with Crippen molar-refractivity contribution in [3.8, 4) is 0 Å². The second-order valence-corrected chi connectivity index (χ2v) is 5.45. The summed E-state index contributed by atoms with van der Waals surface area (Å²) in [5.74, 6) is 0.448. The first-order valence-electron chi connectivity index (χ1n) is 5.96. The molecule has 0 atom stereocenters. The van der Waals surface area contributed by atoms with Crippen LogP contribution in [-0.4, -0.2) is 21.5 Å². The molecule has 1 heterocycles. The number of aliphatic imine (C=N–C) groups is 1. The van der Waals surface area contributed by atoms with E-state index in [-0.39, 0.29) is 11.2 Å². The summed E-state index contributed by atoms with van der Waals surface area (Å²) in [6.45, 7) is 11.9. The van der Waals surface area contributed by atoms with Gasteiger partial charge in [0.1, 0.15) is 5.69 Å². The van der Waals surface area contributed by atoms with Gasteiger partial charge in [0, 0.05) is 26.6 Å². The number of hydrogen-bond donors (Lipinski definition) is 0. The highest BCUT2D eigenvalue weighted by Gasteiger charge is 2.14. The molecule has 0 aliphatic heterocycles. The van der Waals surface area contributed by atoms with Crippen molar-refractivity contribution in [3.05, 3.63) is 24.2 Å². The van der Waals surface area contributed by atoms with E-state index in [0.29, 0.717) is 17.9 Å². The zero-order chi connectivity index (χ0) is 13.9. The Bertz CT molecular complexity index is 490. The van der Waals surface area contributed by atoms with Crippen LogP contribution in [0.4, 0.5) is 5.82 Å². The van der Waals surface area contributed by atoms with Gasteiger partial charge in [-0.1, -0.05) is 32.9 Å². The van der Waals surface area contributed by atoms with Gasteiger partial charge in [0.05, 0.1) is 6.33 Å². The van der Waals surface area contributed by atoms with Crippen molar-refractivity contribution in [1.29, 1.82) is 0 Å². The zero-order valence-corrected chi connectivity index (χ0v) is 11.8. The number of aryl methyl sites for hydroxylation is 1. The van der Waals surface area contributed by atoms with Crippen LogP contribution in [0.15, 0.2) is 23.5 Å². The Balaban J connectivity index is 2.81. The fraction of sp³-hybridized carbons (Fsp3) is 0.500. The van der Waals surface area contributed by atoms with Crippen molar-refractivity contribution in [2.75, 3.05) is 0 Å². The van der Waals surface area contributed by atoms with Gasteiger partial charge >= 0.3 is 0 Å². The lowest BCUT2D eigenvalue weighted by atomic mass is 9.86. The van der Waals surface area contributed by atoms with Crippen LogP contribution in [0.25, 0.3) is 0 Å². The molecule has 0 saturated heterocycles. The van der Waals surface area contributed by atoms with Crippen molar-refractivity contribution < 1.29 is 4.79 Å². The number of aromatic nitrogens is 2. The van der Waals surface area contributed by atoms with E-state index in [1.165, 1.54) is 6.92 Å². The number of nitrogens with zero attached hydrogens (tertiary/aromatic N) is 3. The van der Waals surface area contributed by atoms with Gasteiger partial charge in [-0.25, -0.2) is 9.98 Å². The highest BCUT2D eigenvalue weighted by molar-refractivity contribution is 5.97. The Hall–Kier alpha value is -1.71. The van der Waals surface area contributed by atoms with Gasteiger partial charge in [-0.2, -0.15) is 0 Å². The molecule has 18 heavy (non-hydrogen) atoms. The van der Waals surface area contributed by atoms with Gasteiger partial charge < -0.3 is 4.57 Å². The first kappa shape index (κ1) is 14.4. The summed E-state index contributed by atoms with van der Waals surface area (Å²) in [4.78, 5) is 19.8. The van der Waals surface area contributed by atoms with Crippen LogP contribution in [0.1, 0.15) is 44.6 Å². The molecule has 1 aromatic rings. The molecule has 1 rings (SSSR count). The topological polar surface area (TPSA) is 47.2 Å².